The van der Waals surface area contributed by atoms with Crippen LogP contribution in [0.25, 0.3) is 0 Å². The molecule has 0 fully saturated rings. The highest BCUT2D eigenvalue weighted by Crippen LogP contribution is 2.22. The monoisotopic (exact) mass is 284 g/mol. The Kier molecular flexibility index (Phi) is 5.49. The van der Waals surface area contributed by atoms with E-state index in [1.807, 2.05) is 18.2 Å². The standard InChI is InChI=1S/C12H17BrN2O/c1-9(14-7-8-15-10(2)16)11-5-3-4-6-12(11)13/h3-6,9,14H,7-8H2,1-2H3,(H,15,16). The number of hydrogen-bond acceptors (Lipinski definition) is 2. The highest BCUT2D eigenvalue weighted by atomic mass is 79.9. The van der Waals surface area contributed by atoms with Gasteiger partial charge in [-0.2, -0.15) is 0 Å². The Morgan fingerprint density at radius 3 is 2.69 bits per heavy atom. The first-order chi connectivity index (χ1) is 7.61. The molecule has 0 radical (unpaired) electrons. The molecular weight excluding hydrogens is 268 g/mol. The van der Waals surface area contributed by atoms with Crippen molar-refractivity contribution >= 4 is 21.8 Å². The maximum atomic E-state index is 10.7. The number of benzene rings is 1. The van der Waals surface area contributed by atoms with E-state index in [1.54, 1.807) is 0 Å². The van der Waals surface area contributed by atoms with Crippen molar-refractivity contribution in [1.82, 2.24) is 10.6 Å². The number of amides is 1. The van der Waals surface area contributed by atoms with Crippen molar-refractivity contribution in [2.75, 3.05) is 13.1 Å². The average molecular weight is 285 g/mol. The molecule has 1 unspecified atom stereocenters. The van der Waals surface area contributed by atoms with E-state index in [-0.39, 0.29) is 11.9 Å². The lowest BCUT2D eigenvalue weighted by Crippen LogP contribution is -2.31. The summed E-state index contributed by atoms with van der Waals surface area (Å²) in [6.45, 7) is 5.05. The summed E-state index contributed by atoms with van der Waals surface area (Å²) in [4.78, 5) is 10.7. The van der Waals surface area contributed by atoms with Gasteiger partial charge in [-0.15, -0.1) is 0 Å². The number of rotatable bonds is 5. The molecule has 0 bridgehead atoms. The van der Waals surface area contributed by atoms with Crippen LogP contribution in [-0.4, -0.2) is 19.0 Å². The minimum Gasteiger partial charge on any atom is -0.355 e. The second kappa shape index (κ2) is 6.66. The minimum absolute atomic E-state index is 0.00958. The van der Waals surface area contributed by atoms with Crippen LogP contribution in [0.15, 0.2) is 28.7 Å². The van der Waals surface area contributed by atoms with Crippen LogP contribution < -0.4 is 10.6 Å². The fraction of sp³-hybridized carbons (Fsp3) is 0.417. The normalized spacial score (nSPS) is 12.2. The number of carbonyl (C=O) groups excluding carboxylic acids is 1. The van der Waals surface area contributed by atoms with Crippen LogP contribution in [0.3, 0.4) is 0 Å². The summed E-state index contributed by atoms with van der Waals surface area (Å²) in [5.74, 6) is 0.00958. The third-order valence-corrected chi connectivity index (χ3v) is 3.04. The summed E-state index contributed by atoms with van der Waals surface area (Å²) in [6.07, 6.45) is 0. The summed E-state index contributed by atoms with van der Waals surface area (Å²) in [6, 6.07) is 8.40. The lowest BCUT2D eigenvalue weighted by molar-refractivity contribution is -0.118. The van der Waals surface area contributed by atoms with Crippen molar-refractivity contribution in [1.29, 1.82) is 0 Å². The summed E-state index contributed by atoms with van der Waals surface area (Å²) in [5.41, 5.74) is 1.23. The molecule has 0 aliphatic heterocycles. The first-order valence-corrected chi connectivity index (χ1v) is 6.13. The fourth-order valence-corrected chi connectivity index (χ4v) is 2.09. The van der Waals surface area contributed by atoms with Crippen LogP contribution in [0, 0.1) is 0 Å². The van der Waals surface area contributed by atoms with E-state index in [1.165, 1.54) is 12.5 Å². The molecule has 4 heteroatoms. The molecule has 0 heterocycles. The van der Waals surface area contributed by atoms with E-state index in [4.69, 9.17) is 0 Å². The molecular formula is C12H17BrN2O. The predicted octanol–water partition coefficient (Wildman–Crippen LogP) is 2.24. The Labute approximate surface area is 105 Å². The van der Waals surface area contributed by atoms with Gasteiger partial charge >= 0.3 is 0 Å². The third-order valence-electron chi connectivity index (χ3n) is 2.32. The minimum atomic E-state index is 0.00958. The Morgan fingerprint density at radius 1 is 1.38 bits per heavy atom. The molecule has 1 atom stereocenters. The molecule has 2 N–H and O–H groups in total. The van der Waals surface area contributed by atoms with Crippen LogP contribution in [0.4, 0.5) is 0 Å². The lowest BCUT2D eigenvalue weighted by atomic mass is 10.1. The van der Waals surface area contributed by atoms with Gasteiger partial charge in [0, 0.05) is 30.5 Å². The molecule has 0 spiro atoms. The van der Waals surface area contributed by atoms with Gasteiger partial charge in [0.2, 0.25) is 5.91 Å². The van der Waals surface area contributed by atoms with E-state index < -0.39 is 0 Å². The van der Waals surface area contributed by atoms with E-state index >= 15 is 0 Å². The molecule has 0 saturated carbocycles. The molecule has 3 nitrogen and oxygen atoms in total. The van der Waals surface area contributed by atoms with Gasteiger partial charge in [-0.05, 0) is 18.6 Å². The molecule has 0 aliphatic rings. The number of halogens is 1. The van der Waals surface area contributed by atoms with Crippen molar-refractivity contribution in [3.05, 3.63) is 34.3 Å². The molecule has 0 aliphatic carbocycles. The maximum absolute atomic E-state index is 10.7. The second-order valence-corrected chi connectivity index (χ2v) is 4.53. The van der Waals surface area contributed by atoms with E-state index in [9.17, 15) is 4.79 Å². The Balaban J connectivity index is 2.38. The quantitative estimate of drug-likeness (QED) is 0.815. The van der Waals surface area contributed by atoms with Gasteiger partial charge in [-0.1, -0.05) is 34.1 Å². The number of carbonyl (C=O) groups is 1. The lowest BCUT2D eigenvalue weighted by Gasteiger charge is -2.15. The molecule has 1 aromatic rings. The predicted molar refractivity (Wildman–Crippen MR) is 69.2 cm³/mol. The van der Waals surface area contributed by atoms with Crippen LogP contribution in [-0.2, 0) is 4.79 Å². The van der Waals surface area contributed by atoms with Crippen molar-refractivity contribution in [3.8, 4) is 0 Å². The number of nitrogens with one attached hydrogen (secondary N) is 2. The molecule has 88 valence electrons. The van der Waals surface area contributed by atoms with Gasteiger partial charge in [0.1, 0.15) is 0 Å². The summed E-state index contributed by atoms with van der Waals surface area (Å²) in [7, 11) is 0. The van der Waals surface area contributed by atoms with Gasteiger partial charge in [0.15, 0.2) is 0 Å². The Morgan fingerprint density at radius 2 is 2.06 bits per heavy atom. The molecule has 1 amide bonds. The van der Waals surface area contributed by atoms with Crippen molar-refractivity contribution in [3.63, 3.8) is 0 Å². The van der Waals surface area contributed by atoms with Gasteiger partial charge in [-0.3, -0.25) is 4.79 Å². The zero-order chi connectivity index (χ0) is 12.0. The van der Waals surface area contributed by atoms with Gasteiger partial charge in [0.05, 0.1) is 0 Å². The summed E-state index contributed by atoms with van der Waals surface area (Å²) in [5, 5.41) is 6.10. The Bertz CT molecular complexity index is 355. The van der Waals surface area contributed by atoms with Crippen LogP contribution in [0.1, 0.15) is 25.5 Å². The smallest absolute Gasteiger partial charge is 0.216 e. The van der Waals surface area contributed by atoms with E-state index in [2.05, 4.69) is 39.6 Å². The van der Waals surface area contributed by atoms with Gasteiger partial charge in [0.25, 0.3) is 0 Å². The third kappa shape index (κ3) is 4.33. The maximum Gasteiger partial charge on any atom is 0.216 e. The molecule has 1 aromatic carbocycles. The largest absolute Gasteiger partial charge is 0.355 e. The van der Waals surface area contributed by atoms with E-state index in [0.717, 1.165) is 11.0 Å². The van der Waals surface area contributed by atoms with Crippen LogP contribution in [0.5, 0.6) is 0 Å². The molecule has 16 heavy (non-hydrogen) atoms. The Hall–Kier alpha value is -0.870. The fourth-order valence-electron chi connectivity index (χ4n) is 1.46. The van der Waals surface area contributed by atoms with Gasteiger partial charge < -0.3 is 10.6 Å². The van der Waals surface area contributed by atoms with Crippen molar-refractivity contribution in [2.45, 2.75) is 19.9 Å². The molecule has 1 rings (SSSR count). The zero-order valence-electron chi connectivity index (χ0n) is 9.59. The van der Waals surface area contributed by atoms with E-state index in [0.29, 0.717) is 6.54 Å². The van der Waals surface area contributed by atoms with Crippen LogP contribution in [0.2, 0.25) is 0 Å². The first-order valence-electron chi connectivity index (χ1n) is 5.33. The first kappa shape index (κ1) is 13.2. The average Bonchev–Trinajstić information content (AvgIpc) is 2.24. The summed E-state index contributed by atoms with van der Waals surface area (Å²) >= 11 is 3.52. The zero-order valence-corrected chi connectivity index (χ0v) is 11.2. The highest BCUT2D eigenvalue weighted by molar-refractivity contribution is 9.10. The van der Waals surface area contributed by atoms with Crippen molar-refractivity contribution in [2.24, 2.45) is 0 Å². The SMILES string of the molecule is CC(=O)NCCNC(C)c1ccccc1Br. The topological polar surface area (TPSA) is 41.1 Å². The van der Waals surface area contributed by atoms with Crippen LogP contribution >= 0.6 is 15.9 Å². The number of hydrogen-bond donors (Lipinski definition) is 2. The van der Waals surface area contributed by atoms with Gasteiger partial charge in [-0.25, -0.2) is 0 Å². The highest BCUT2D eigenvalue weighted by Gasteiger charge is 2.07. The summed E-state index contributed by atoms with van der Waals surface area (Å²) < 4.78 is 1.11. The van der Waals surface area contributed by atoms with Crippen molar-refractivity contribution < 1.29 is 4.79 Å². The molecule has 0 saturated heterocycles. The molecule has 0 aromatic heterocycles. The second-order valence-electron chi connectivity index (χ2n) is 3.68.